The summed E-state index contributed by atoms with van der Waals surface area (Å²) in [5.41, 5.74) is 0. The van der Waals surface area contributed by atoms with Crippen molar-refractivity contribution >= 4 is 25.7 Å². The van der Waals surface area contributed by atoms with Crippen LogP contribution in [0.3, 0.4) is 0 Å². The molecule has 0 saturated heterocycles. The SMILES string of the molecule is CC(C(=O)Oc1ccccc1)S(=O)(=O)Cl. The normalized spacial score (nSPS) is 13.2. The summed E-state index contributed by atoms with van der Waals surface area (Å²) < 4.78 is 26.5. The summed E-state index contributed by atoms with van der Waals surface area (Å²) in [5.74, 6) is -0.606. The zero-order valence-corrected chi connectivity index (χ0v) is 9.46. The van der Waals surface area contributed by atoms with Gasteiger partial charge in [0.1, 0.15) is 5.75 Å². The van der Waals surface area contributed by atoms with Crippen molar-refractivity contribution in [3.63, 3.8) is 0 Å². The van der Waals surface area contributed by atoms with E-state index in [1.165, 1.54) is 6.92 Å². The number of ether oxygens (including phenoxy) is 1. The van der Waals surface area contributed by atoms with E-state index in [9.17, 15) is 13.2 Å². The maximum atomic E-state index is 11.3. The Morgan fingerprint density at radius 1 is 1.33 bits per heavy atom. The molecule has 0 fully saturated rings. The molecule has 4 nitrogen and oxygen atoms in total. The van der Waals surface area contributed by atoms with Crippen LogP contribution in [0.5, 0.6) is 5.75 Å². The summed E-state index contributed by atoms with van der Waals surface area (Å²) in [6.45, 7) is 1.17. The first kappa shape index (κ1) is 12.0. The van der Waals surface area contributed by atoms with Crippen molar-refractivity contribution in [3.8, 4) is 5.75 Å². The highest BCUT2D eigenvalue weighted by atomic mass is 35.7. The van der Waals surface area contributed by atoms with Gasteiger partial charge in [-0.1, -0.05) is 18.2 Å². The molecule has 0 aromatic heterocycles. The monoisotopic (exact) mass is 248 g/mol. The molecule has 1 aromatic carbocycles. The Balaban J connectivity index is 2.73. The lowest BCUT2D eigenvalue weighted by Crippen LogP contribution is -2.28. The lowest BCUT2D eigenvalue weighted by atomic mass is 10.3. The van der Waals surface area contributed by atoms with E-state index >= 15 is 0 Å². The van der Waals surface area contributed by atoms with Gasteiger partial charge in [0.15, 0.2) is 5.25 Å². The Morgan fingerprint density at radius 2 is 1.87 bits per heavy atom. The lowest BCUT2D eigenvalue weighted by Gasteiger charge is -2.07. The molecule has 0 N–H and O–H groups in total. The molecule has 1 aromatic rings. The van der Waals surface area contributed by atoms with Gasteiger partial charge in [0.2, 0.25) is 9.05 Å². The van der Waals surface area contributed by atoms with Gasteiger partial charge >= 0.3 is 5.97 Å². The number of esters is 1. The van der Waals surface area contributed by atoms with Gasteiger partial charge in [-0.3, -0.25) is 4.79 Å². The van der Waals surface area contributed by atoms with Crippen molar-refractivity contribution in [2.45, 2.75) is 12.2 Å². The van der Waals surface area contributed by atoms with E-state index < -0.39 is 20.3 Å². The second-order valence-corrected chi connectivity index (χ2v) is 5.80. The van der Waals surface area contributed by atoms with Gasteiger partial charge in [0.05, 0.1) is 0 Å². The van der Waals surface area contributed by atoms with Gasteiger partial charge in [-0.15, -0.1) is 0 Å². The van der Waals surface area contributed by atoms with Crippen LogP contribution < -0.4 is 4.74 Å². The molecule has 1 rings (SSSR count). The third-order valence-corrected chi connectivity index (χ3v) is 3.55. The molecule has 0 heterocycles. The van der Waals surface area contributed by atoms with Crippen LogP contribution in [0.25, 0.3) is 0 Å². The van der Waals surface area contributed by atoms with Crippen molar-refractivity contribution in [1.29, 1.82) is 0 Å². The number of hydrogen-bond acceptors (Lipinski definition) is 4. The van der Waals surface area contributed by atoms with E-state index in [2.05, 4.69) is 0 Å². The van der Waals surface area contributed by atoms with Crippen LogP contribution in [0.2, 0.25) is 0 Å². The highest BCUT2D eigenvalue weighted by Crippen LogP contribution is 2.13. The molecular weight excluding hydrogens is 240 g/mol. The van der Waals surface area contributed by atoms with Gasteiger partial charge in [-0.25, -0.2) is 8.42 Å². The molecule has 15 heavy (non-hydrogen) atoms. The molecule has 0 amide bonds. The smallest absolute Gasteiger partial charge is 0.330 e. The quantitative estimate of drug-likeness (QED) is 0.463. The van der Waals surface area contributed by atoms with E-state index in [4.69, 9.17) is 15.4 Å². The minimum atomic E-state index is -3.92. The molecule has 82 valence electrons. The Bertz CT molecular complexity index is 440. The van der Waals surface area contributed by atoms with Gasteiger partial charge in [0.25, 0.3) is 0 Å². The first-order valence-electron chi connectivity index (χ1n) is 4.11. The summed E-state index contributed by atoms with van der Waals surface area (Å²) in [7, 11) is 1.09. The number of halogens is 1. The Labute approximate surface area is 92.2 Å². The summed E-state index contributed by atoms with van der Waals surface area (Å²) in [6, 6.07) is 8.18. The molecule has 0 aliphatic carbocycles. The van der Waals surface area contributed by atoms with Crippen LogP contribution in [0, 0.1) is 0 Å². The largest absolute Gasteiger partial charge is 0.426 e. The number of carbonyl (C=O) groups excluding carboxylic acids is 1. The Kier molecular flexibility index (Phi) is 3.71. The first-order chi connectivity index (χ1) is 6.91. The number of benzene rings is 1. The molecular formula is C9H9ClO4S. The molecule has 0 bridgehead atoms. The minimum Gasteiger partial charge on any atom is -0.426 e. The lowest BCUT2D eigenvalue weighted by molar-refractivity contribution is -0.133. The standard InChI is InChI=1S/C9H9ClO4S/c1-7(15(10,12)13)9(11)14-8-5-3-2-4-6-8/h2-7H,1H3. The van der Waals surface area contributed by atoms with Crippen molar-refractivity contribution in [1.82, 2.24) is 0 Å². The maximum absolute atomic E-state index is 11.3. The number of carbonyl (C=O) groups is 1. The molecule has 0 aliphatic rings. The molecule has 0 spiro atoms. The second kappa shape index (κ2) is 4.63. The fourth-order valence-corrected chi connectivity index (χ4v) is 1.30. The first-order valence-corrected chi connectivity index (χ1v) is 6.48. The minimum absolute atomic E-state index is 0.287. The van der Waals surface area contributed by atoms with E-state index in [1.54, 1.807) is 30.3 Å². The van der Waals surface area contributed by atoms with Crippen LogP contribution >= 0.6 is 10.7 Å². The van der Waals surface area contributed by atoms with Gasteiger partial charge in [0, 0.05) is 10.7 Å². The average molecular weight is 249 g/mol. The van der Waals surface area contributed by atoms with Gasteiger partial charge < -0.3 is 4.74 Å². The van der Waals surface area contributed by atoms with E-state index in [-0.39, 0.29) is 5.75 Å². The Morgan fingerprint density at radius 3 is 2.33 bits per heavy atom. The average Bonchev–Trinajstić information content (AvgIpc) is 2.16. The molecule has 0 saturated carbocycles. The molecule has 0 aliphatic heterocycles. The van der Waals surface area contributed by atoms with Crippen molar-refractivity contribution in [2.75, 3.05) is 0 Å². The zero-order valence-electron chi connectivity index (χ0n) is 7.88. The predicted molar refractivity (Wildman–Crippen MR) is 56.3 cm³/mol. The van der Waals surface area contributed by atoms with Crippen LogP contribution in [0.15, 0.2) is 30.3 Å². The van der Waals surface area contributed by atoms with E-state index in [0.717, 1.165) is 0 Å². The second-order valence-electron chi connectivity index (χ2n) is 2.85. The zero-order chi connectivity index (χ0) is 11.5. The fraction of sp³-hybridized carbons (Fsp3) is 0.222. The number of rotatable bonds is 3. The van der Waals surface area contributed by atoms with Crippen LogP contribution in [-0.4, -0.2) is 19.6 Å². The third kappa shape index (κ3) is 3.53. The molecule has 1 unspecified atom stereocenters. The van der Waals surface area contributed by atoms with Gasteiger partial charge in [-0.05, 0) is 19.1 Å². The highest BCUT2D eigenvalue weighted by Gasteiger charge is 2.27. The summed E-state index contributed by atoms with van der Waals surface area (Å²) in [5, 5.41) is -1.38. The van der Waals surface area contributed by atoms with Crippen molar-refractivity contribution in [3.05, 3.63) is 30.3 Å². The highest BCUT2D eigenvalue weighted by molar-refractivity contribution is 8.14. The van der Waals surface area contributed by atoms with Crippen molar-refractivity contribution < 1.29 is 17.9 Å². The summed E-state index contributed by atoms with van der Waals surface area (Å²) in [6.07, 6.45) is 0. The third-order valence-electron chi connectivity index (χ3n) is 1.72. The molecule has 1 atom stereocenters. The topological polar surface area (TPSA) is 60.4 Å². The maximum Gasteiger partial charge on any atom is 0.330 e. The number of para-hydroxylation sites is 1. The van der Waals surface area contributed by atoms with E-state index in [1.807, 2.05) is 0 Å². The van der Waals surface area contributed by atoms with Crippen LogP contribution in [0.4, 0.5) is 0 Å². The van der Waals surface area contributed by atoms with Gasteiger partial charge in [-0.2, -0.15) is 0 Å². The fourth-order valence-electron chi connectivity index (χ4n) is 0.803. The number of hydrogen-bond donors (Lipinski definition) is 0. The summed E-state index contributed by atoms with van der Waals surface area (Å²) >= 11 is 0. The van der Waals surface area contributed by atoms with Crippen molar-refractivity contribution in [2.24, 2.45) is 0 Å². The Hall–Kier alpha value is -1.07. The molecule has 6 heteroatoms. The van der Waals surface area contributed by atoms with Crippen LogP contribution in [0.1, 0.15) is 6.92 Å². The predicted octanol–water partition coefficient (Wildman–Crippen LogP) is 1.55. The molecule has 0 radical (unpaired) electrons. The van der Waals surface area contributed by atoms with Crippen LogP contribution in [-0.2, 0) is 13.8 Å². The van der Waals surface area contributed by atoms with E-state index in [0.29, 0.717) is 0 Å². The summed E-state index contributed by atoms with van der Waals surface area (Å²) in [4.78, 5) is 11.3.